The van der Waals surface area contributed by atoms with Crippen molar-refractivity contribution in [3.8, 4) is 5.82 Å². The lowest BCUT2D eigenvalue weighted by Gasteiger charge is -2.43. The van der Waals surface area contributed by atoms with Gasteiger partial charge in [-0.2, -0.15) is 5.10 Å². The zero-order chi connectivity index (χ0) is 22.8. The van der Waals surface area contributed by atoms with Crippen molar-refractivity contribution in [3.05, 3.63) is 51.8 Å². The fraction of sp³-hybridized carbons (Fsp3) is 0.389. The van der Waals surface area contributed by atoms with E-state index in [1.165, 1.54) is 40.6 Å². The van der Waals surface area contributed by atoms with E-state index in [0.717, 1.165) is 0 Å². The minimum atomic E-state index is -1.14. The minimum absolute atomic E-state index is 0.207. The Hall–Kier alpha value is -2.05. The number of aliphatic hydroxyl groups excluding tert-OH is 2. The van der Waals surface area contributed by atoms with Gasteiger partial charge in [0.05, 0.1) is 34.7 Å². The summed E-state index contributed by atoms with van der Waals surface area (Å²) in [5.74, 6) is 0.597. The zero-order valence-corrected chi connectivity index (χ0v) is 19.6. The van der Waals surface area contributed by atoms with Gasteiger partial charge in [0.1, 0.15) is 36.0 Å². The summed E-state index contributed by atoms with van der Waals surface area (Å²) >= 11 is 10.5. The fourth-order valence-corrected chi connectivity index (χ4v) is 5.23. The van der Waals surface area contributed by atoms with Crippen molar-refractivity contribution >= 4 is 45.1 Å². The second kappa shape index (κ2) is 9.84. The molecule has 0 aliphatic carbocycles. The zero-order valence-electron chi connectivity index (χ0n) is 16.5. The van der Waals surface area contributed by atoms with Crippen LogP contribution in [-0.4, -0.2) is 77.4 Å². The molecule has 11 nitrogen and oxygen atoms in total. The third kappa shape index (κ3) is 4.53. The number of rotatable bonds is 6. The smallest absolute Gasteiger partial charge is 0.283 e. The molecular weight excluding hydrogens is 526 g/mol. The molecule has 14 heteroatoms. The molecule has 2 N–H and O–H groups in total. The molecule has 4 rings (SSSR count). The van der Waals surface area contributed by atoms with Gasteiger partial charge in [-0.25, -0.2) is 9.36 Å². The van der Waals surface area contributed by atoms with Crippen molar-refractivity contribution in [2.24, 2.45) is 0 Å². The van der Waals surface area contributed by atoms with Gasteiger partial charge in [-0.05, 0) is 22.0 Å². The summed E-state index contributed by atoms with van der Waals surface area (Å²) in [4.78, 5) is 8.14. The maximum Gasteiger partial charge on any atom is 0.283 e. The van der Waals surface area contributed by atoms with Gasteiger partial charge in [-0.1, -0.05) is 23.4 Å². The number of thioether (sulfide) groups is 1. The molecule has 0 radical (unpaired) electrons. The van der Waals surface area contributed by atoms with Crippen LogP contribution in [0.25, 0.3) is 10.7 Å². The van der Waals surface area contributed by atoms with E-state index in [1.807, 2.05) is 0 Å². The average molecular weight is 543 g/mol. The van der Waals surface area contributed by atoms with Gasteiger partial charge in [-0.3, -0.25) is 0 Å². The topological polar surface area (TPSA) is 125 Å². The standard InChI is InChI=1S/C18H17BrClN7O4S/c1-21-17-12(3-9(19)4-22-17)32-18-16(30-2)14(15(29)11(8-28)31-18)27-7-13(24-25-27)26-6-10(20)5-23-26/h3-7,11,14-16,18,28-29H,8H2,2H3/t11?,14-,15-,16?,18+/m0/s1. The molecule has 0 aromatic carbocycles. The first-order valence-corrected chi connectivity index (χ1v) is 11.3. The summed E-state index contributed by atoms with van der Waals surface area (Å²) < 4.78 is 15.2. The molecule has 1 aliphatic heterocycles. The first-order chi connectivity index (χ1) is 15.4. The molecule has 0 amide bonds. The maximum absolute atomic E-state index is 10.9. The second-order valence-corrected chi connectivity index (χ2v) is 9.26. The van der Waals surface area contributed by atoms with Gasteiger partial charge in [-0.15, -0.1) is 21.8 Å². The minimum Gasteiger partial charge on any atom is -0.394 e. The molecule has 168 valence electrons. The van der Waals surface area contributed by atoms with Crippen LogP contribution < -0.4 is 0 Å². The van der Waals surface area contributed by atoms with E-state index < -0.39 is 36.4 Å². The van der Waals surface area contributed by atoms with Crippen molar-refractivity contribution in [1.82, 2.24) is 29.8 Å². The molecule has 1 aliphatic rings. The lowest BCUT2D eigenvalue weighted by molar-refractivity contribution is -0.186. The highest BCUT2D eigenvalue weighted by Gasteiger charge is 2.47. The number of aromatic nitrogens is 6. The molecule has 0 spiro atoms. The van der Waals surface area contributed by atoms with Crippen LogP contribution in [0.2, 0.25) is 5.02 Å². The quantitative estimate of drug-likeness (QED) is 0.451. The number of hydrogen-bond donors (Lipinski definition) is 2. The summed E-state index contributed by atoms with van der Waals surface area (Å²) in [7, 11) is 1.49. The Morgan fingerprint density at radius 2 is 2.22 bits per heavy atom. The number of halogens is 2. The number of nitrogens with zero attached hydrogens (tertiary/aromatic N) is 7. The Labute approximate surface area is 200 Å². The van der Waals surface area contributed by atoms with Gasteiger partial charge < -0.3 is 24.5 Å². The number of pyridine rings is 1. The second-order valence-electron chi connectivity index (χ2n) is 6.77. The predicted molar refractivity (Wildman–Crippen MR) is 118 cm³/mol. The Morgan fingerprint density at radius 1 is 1.41 bits per heavy atom. The van der Waals surface area contributed by atoms with Crippen LogP contribution in [0.3, 0.4) is 0 Å². The first-order valence-electron chi connectivity index (χ1n) is 9.24. The third-order valence-corrected chi connectivity index (χ3v) is 6.63. The fourth-order valence-electron chi connectivity index (χ4n) is 3.36. The Kier molecular flexibility index (Phi) is 7.11. The van der Waals surface area contributed by atoms with E-state index in [-0.39, 0.29) is 5.82 Å². The van der Waals surface area contributed by atoms with Crippen LogP contribution in [-0.2, 0) is 9.47 Å². The Bertz CT molecular complexity index is 1140. The lowest BCUT2D eigenvalue weighted by Crippen LogP contribution is -2.55. The highest BCUT2D eigenvalue weighted by atomic mass is 79.9. The molecular formula is C18H17BrClN7O4S. The molecule has 4 heterocycles. The predicted octanol–water partition coefficient (Wildman–Crippen LogP) is 2.25. The van der Waals surface area contributed by atoms with Gasteiger partial charge in [0.15, 0.2) is 5.82 Å². The van der Waals surface area contributed by atoms with Crippen LogP contribution in [0.5, 0.6) is 0 Å². The average Bonchev–Trinajstić information content (AvgIpc) is 3.43. The monoisotopic (exact) mass is 541 g/mol. The van der Waals surface area contributed by atoms with E-state index in [9.17, 15) is 10.2 Å². The normalized spacial score (nSPS) is 25.6. The molecule has 0 saturated carbocycles. The summed E-state index contributed by atoms with van der Waals surface area (Å²) in [6.45, 7) is 6.95. The van der Waals surface area contributed by atoms with Crippen LogP contribution in [0.4, 0.5) is 5.82 Å². The molecule has 3 aromatic heterocycles. The summed E-state index contributed by atoms with van der Waals surface area (Å²) in [5.41, 5.74) is -0.686. The molecule has 2 unspecified atom stereocenters. The van der Waals surface area contributed by atoms with Crippen LogP contribution in [0.1, 0.15) is 6.04 Å². The Balaban J connectivity index is 1.68. The van der Waals surface area contributed by atoms with Crippen LogP contribution in [0, 0.1) is 6.57 Å². The molecule has 1 saturated heterocycles. The van der Waals surface area contributed by atoms with E-state index in [1.54, 1.807) is 18.5 Å². The molecule has 3 aromatic rings. The van der Waals surface area contributed by atoms with Crippen LogP contribution >= 0.6 is 39.3 Å². The lowest BCUT2D eigenvalue weighted by atomic mass is 9.97. The van der Waals surface area contributed by atoms with Gasteiger partial charge in [0.25, 0.3) is 5.82 Å². The number of ether oxygens (including phenoxy) is 2. The van der Waals surface area contributed by atoms with Crippen molar-refractivity contribution in [3.63, 3.8) is 0 Å². The highest BCUT2D eigenvalue weighted by molar-refractivity contribution is 9.10. The van der Waals surface area contributed by atoms with Gasteiger partial charge in [0, 0.05) is 12.0 Å². The third-order valence-electron chi connectivity index (χ3n) is 4.83. The van der Waals surface area contributed by atoms with Gasteiger partial charge >= 0.3 is 0 Å². The van der Waals surface area contributed by atoms with Crippen molar-refractivity contribution in [2.45, 2.75) is 34.7 Å². The number of hydrogen-bond acceptors (Lipinski definition) is 9. The molecule has 5 atom stereocenters. The highest BCUT2D eigenvalue weighted by Crippen LogP contribution is 2.42. The molecule has 1 fully saturated rings. The summed E-state index contributed by atoms with van der Waals surface area (Å²) in [6, 6.07) is 1.01. The van der Waals surface area contributed by atoms with Crippen LogP contribution in [0.15, 0.2) is 40.2 Å². The van der Waals surface area contributed by atoms with E-state index in [0.29, 0.717) is 20.2 Å². The van der Waals surface area contributed by atoms with Crippen molar-refractivity contribution in [1.29, 1.82) is 0 Å². The number of methoxy groups -OCH3 is 1. The summed E-state index contributed by atoms with van der Waals surface area (Å²) in [5, 5.41) is 33.5. The summed E-state index contributed by atoms with van der Waals surface area (Å²) in [6.07, 6.45) is 3.42. The largest absolute Gasteiger partial charge is 0.394 e. The molecule has 32 heavy (non-hydrogen) atoms. The maximum atomic E-state index is 10.9. The Morgan fingerprint density at radius 3 is 2.88 bits per heavy atom. The number of aliphatic hydroxyl groups is 2. The van der Waals surface area contributed by atoms with Crippen molar-refractivity contribution < 1.29 is 19.7 Å². The van der Waals surface area contributed by atoms with Crippen molar-refractivity contribution in [2.75, 3.05) is 13.7 Å². The molecule has 0 bridgehead atoms. The first kappa shape index (κ1) is 23.1. The SMILES string of the molecule is [C-]#[N+]c1ncc(Br)cc1S[C@H]1OC(CO)[C@H](O)[C@H](n2cc(-n3cc(Cl)cn3)nn2)C1OC. The van der Waals surface area contributed by atoms with Gasteiger partial charge in [0.2, 0.25) is 0 Å². The van der Waals surface area contributed by atoms with E-state index in [4.69, 9.17) is 27.6 Å². The van der Waals surface area contributed by atoms with E-state index >= 15 is 0 Å². The van der Waals surface area contributed by atoms with E-state index in [2.05, 4.69) is 41.2 Å².